The lowest BCUT2D eigenvalue weighted by Crippen LogP contribution is -2.49. The number of ether oxygens (including phenoxy) is 2. The van der Waals surface area contributed by atoms with E-state index in [4.69, 9.17) is 13.9 Å². The third kappa shape index (κ3) is 4.50. The van der Waals surface area contributed by atoms with Crippen molar-refractivity contribution in [2.24, 2.45) is 0 Å². The second-order valence-electron chi connectivity index (χ2n) is 5.78. The Balaban J connectivity index is 2.44. The van der Waals surface area contributed by atoms with Gasteiger partial charge in [0.25, 0.3) is 0 Å². The molecule has 25 heavy (non-hydrogen) atoms. The molecule has 0 saturated heterocycles. The van der Waals surface area contributed by atoms with Gasteiger partial charge in [-0.05, 0) is 39.8 Å². The lowest BCUT2D eigenvalue weighted by Gasteiger charge is -2.23. The van der Waals surface area contributed by atoms with Crippen molar-refractivity contribution in [1.82, 2.24) is 5.43 Å². The number of hydrogen-bond acceptors (Lipinski definition) is 6. The SMILES string of the molecule is CC(C)OC(=O)NN(C(=O)OC(C)C)c1coc2ccccc2c1=O. The lowest BCUT2D eigenvalue weighted by molar-refractivity contribution is 0.103. The van der Waals surface area contributed by atoms with E-state index >= 15 is 0 Å². The van der Waals surface area contributed by atoms with Gasteiger partial charge < -0.3 is 13.9 Å². The molecule has 0 saturated carbocycles. The van der Waals surface area contributed by atoms with E-state index in [-0.39, 0.29) is 11.1 Å². The number of carbonyl (C=O) groups excluding carboxylic acids is 2. The van der Waals surface area contributed by atoms with E-state index in [1.807, 2.05) is 0 Å². The number of hydrogen-bond donors (Lipinski definition) is 1. The number of amides is 2. The van der Waals surface area contributed by atoms with Gasteiger partial charge in [0.2, 0.25) is 5.43 Å². The normalized spacial score (nSPS) is 10.8. The minimum Gasteiger partial charge on any atom is -0.462 e. The quantitative estimate of drug-likeness (QED) is 0.855. The summed E-state index contributed by atoms with van der Waals surface area (Å²) in [6, 6.07) is 6.56. The van der Waals surface area contributed by atoms with Crippen molar-refractivity contribution in [3.8, 4) is 0 Å². The first-order chi connectivity index (χ1) is 11.8. The number of nitrogens with one attached hydrogen (secondary N) is 1. The first kappa shape index (κ1) is 18.3. The molecular weight excluding hydrogens is 328 g/mol. The van der Waals surface area contributed by atoms with E-state index in [2.05, 4.69) is 5.43 Å². The van der Waals surface area contributed by atoms with Crippen LogP contribution in [0, 0.1) is 0 Å². The Labute approximate surface area is 144 Å². The van der Waals surface area contributed by atoms with Crippen molar-refractivity contribution < 1.29 is 23.5 Å². The van der Waals surface area contributed by atoms with Crippen LogP contribution in [0.15, 0.2) is 39.7 Å². The van der Waals surface area contributed by atoms with E-state index < -0.39 is 29.8 Å². The molecule has 134 valence electrons. The molecule has 0 aliphatic heterocycles. The van der Waals surface area contributed by atoms with Crippen LogP contribution in [0.1, 0.15) is 27.7 Å². The molecule has 1 aromatic heterocycles. The van der Waals surface area contributed by atoms with Crippen molar-refractivity contribution >= 4 is 28.8 Å². The molecule has 1 aromatic carbocycles. The van der Waals surface area contributed by atoms with Crippen LogP contribution in [0.2, 0.25) is 0 Å². The van der Waals surface area contributed by atoms with Crippen molar-refractivity contribution in [1.29, 1.82) is 0 Å². The van der Waals surface area contributed by atoms with Gasteiger partial charge in [-0.15, -0.1) is 0 Å². The molecule has 0 bridgehead atoms. The van der Waals surface area contributed by atoms with Gasteiger partial charge in [-0.1, -0.05) is 12.1 Å². The third-order valence-corrected chi connectivity index (χ3v) is 2.97. The summed E-state index contributed by atoms with van der Waals surface area (Å²) in [6.07, 6.45) is -1.61. The van der Waals surface area contributed by atoms with Crippen molar-refractivity contribution in [2.45, 2.75) is 39.9 Å². The molecule has 2 aromatic rings. The fourth-order valence-electron chi connectivity index (χ4n) is 2.01. The molecule has 8 heteroatoms. The van der Waals surface area contributed by atoms with Gasteiger partial charge in [-0.2, -0.15) is 5.01 Å². The van der Waals surface area contributed by atoms with Crippen LogP contribution in [0.4, 0.5) is 15.3 Å². The predicted molar refractivity (Wildman–Crippen MR) is 91.3 cm³/mol. The van der Waals surface area contributed by atoms with Crippen LogP contribution in [-0.2, 0) is 9.47 Å². The fourth-order valence-corrected chi connectivity index (χ4v) is 2.01. The Hall–Kier alpha value is -3.03. The summed E-state index contributed by atoms with van der Waals surface area (Å²) in [5.41, 5.74) is 1.89. The molecule has 0 aliphatic carbocycles. The van der Waals surface area contributed by atoms with Crippen LogP contribution >= 0.6 is 0 Å². The minimum atomic E-state index is -0.932. The molecule has 1 N–H and O–H groups in total. The number of anilines is 1. The molecule has 0 radical (unpaired) electrons. The van der Waals surface area contributed by atoms with Crippen LogP contribution in [0.3, 0.4) is 0 Å². The molecule has 2 amide bonds. The summed E-state index contributed by atoms with van der Waals surface area (Å²) in [5, 5.41) is 0.949. The van der Waals surface area contributed by atoms with Gasteiger partial charge in [0.15, 0.2) is 5.69 Å². The van der Waals surface area contributed by atoms with Gasteiger partial charge in [0, 0.05) is 0 Å². The highest BCUT2D eigenvalue weighted by molar-refractivity contribution is 5.92. The zero-order valence-corrected chi connectivity index (χ0v) is 14.4. The van der Waals surface area contributed by atoms with Gasteiger partial charge in [0.05, 0.1) is 17.6 Å². The number of hydrazine groups is 1. The Morgan fingerprint density at radius 2 is 1.72 bits per heavy atom. The van der Waals surface area contributed by atoms with Crippen molar-refractivity contribution in [3.05, 3.63) is 40.8 Å². The maximum Gasteiger partial charge on any atom is 0.434 e. The molecular formula is C17H20N2O6. The number of carbonyl (C=O) groups is 2. The summed E-state index contributed by atoms with van der Waals surface area (Å²) >= 11 is 0. The second kappa shape index (κ2) is 7.69. The number of fused-ring (bicyclic) bond motifs is 1. The van der Waals surface area contributed by atoms with Gasteiger partial charge >= 0.3 is 12.2 Å². The Morgan fingerprint density at radius 3 is 2.36 bits per heavy atom. The molecule has 8 nitrogen and oxygen atoms in total. The molecule has 0 atom stereocenters. The van der Waals surface area contributed by atoms with Crippen LogP contribution in [-0.4, -0.2) is 24.4 Å². The summed E-state index contributed by atoms with van der Waals surface area (Å²) < 4.78 is 15.4. The zero-order chi connectivity index (χ0) is 18.6. The molecule has 0 fully saturated rings. The van der Waals surface area contributed by atoms with Crippen molar-refractivity contribution in [3.63, 3.8) is 0 Å². The summed E-state index contributed by atoms with van der Waals surface area (Å²) in [4.78, 5) is 36.9. The number of nitrogens with zero attached hydrogens (tertiary/aromatic N) is 1. The maximum atomic E-state index is 12.7. The molecule has 0 spiro atoms. The highest BCUT2D eigenvalue weighted by Crippen LogP contribution is 2.16. The maximum absolute atomic E-state index is 12.7. The van der Waals surface area contributed by atoms with E-state index in [9.17, 15) is 14.4 Å². The molecule has 1 heterocycles. The molecule has 2 rings (SSSR count). The first-order valence-electron chi connectivity index (χ1n) is 7.78. The topological polar surface area (TPSA) is 98.1 Å². The Morgan fingerprint density at radius 1 is 1.08 bits per heavy atom. The van der Waals surface area contributed by atoms with Crippen molar-refractivity contribution in [2.75, 3.05) is 5.01 Å². The summed E-state index contributed by atoms with van der Waals surface area (Å²) in [5.74, 6) is 0. The fraction of sp³-hybridized carbons (Fsp3) is 0.353. The summed E-state index contributed by atoms with van der Waals surface area (Å²) in [7, 11) is 0. The van der Waals surface area contributed by atoms with Gasteiger partial charge in [-0.25, -0.2) is 15.0 Å². The Bertz CT molecular complexity index is 827. The monoisotopic (exact) mass is 348 g/mol. The predicted octanol–water partition coefficient (Wildman–Crippen LogP) is 3.19. The number of rotatable bonds is 3. The average Bonchev–Trinajstić information content (AvgIpc) is 2.52. The van der Waals surface area contributed by atoms with Crippen LogP contribution in [0.5, 0.6) is 0 Å². The lowest BCUT2D eigenvalue weighted by atomic mass is 10.2. The highest BCUT2D eigenvalue weighted by Gasteiger charge is 2.26. The molecule has 0 unspecified atom stereocenters. The summed E-state index contributed by atoms with van der Waals surface area (Å²) in [6.45, 7) is 6.60. The highest BCUT2D eigenvalue weighted by atomic mass is 16.6. The Kier molecular flexibility index (Phi) is 5.63. The smallest absolute Gasteiger partial charge is 0.434 e. The standard InChI is InChI=1S/C17H20N2O6/c1-10(2)24-16(21)18-19(17(22)25-11(3)4)13-9-23-14-8-6-5-7-12(14)15(13)20/h5-11H,1-4H3,(H,18,21). The number of benzene rings is 1. The van der Waals surface area contributed by atoms with Crippen LogP contribution < -0.4 is 15.9 Å². The van der Waals surface area contributed by atoms with E-state index in [0.717, 1.165) is 6.26 Å². The average molecular weight is 348 g/mol. The third-order valence-electron chi connectivity index (χ3n) is 2.97. The van der Waals surface area contributed by atoms with E-state index in [1.54, 1.807) is 52.0 Å². The van der Waals surface area contributed by atoms with Gasteiger partial charge in [-0.3, -0.25) is 4.79 Å². The largest absolute Gasteiger partial charge is 0.462 e. The van der Waals surface area contributed by atoms with Gasteiger partial charge in [0.1, 0.15) is 11.8 Å². The first-order valence-corrected chi connectivity index (χ1v) is 7.78. The van der Waals surface area contributed by atoms with E-state index in [1.165, 1.54) is 0 Å². The minimum absolute atomic E-state index is 0.190. The zero-order valence-electron chi connectivity index (χ0n) is 14.4. The number of para-hydroxylation sites is 1. The molecule has 0 aliphatic rings. The van der Waals surface area contributed by atoms with Crippen LogP contribution in [0.25, 0.3) is 11.0 Å². The van der Waals surface area contributed by atoms with E-state index in [0.29, 0.717) is 10.6 Å². The second-order valence-corrected chi connectivity index (χ2v) is 5.78.